The molecule has 0 aromatic rings. The third-order valence-corrected chi connectivity index (χ3v) is 4.31. The van der Waals surface area contributed by atoms with E-state index in [4.69, 9.17) is 4.74 Å². The Morgan fingerprint density at radius 1 is 1.30 bits per heavy atom. The van der Waals surface area contributed by atoms with E-state index in [1.807, 2.05) is 34.6 Å². The van der Waals surface area contributed by atoms with E-state index >= 15 is 0 Å². The highest BCUT2D eigenvalue weighted by molar-refractivity contribution is 5.75. The number of allylic oxidation sites excluding steroid dienone is 1. The smallest absolute Gasteiger partial charge is 0.312 e. The molecule has 3 heteroatoms. The van der Waals surface area contributed by atoms with Crippen molar-refractivity contribution in [3.63, 3.8) is 0 Å². The first kappa shape index (κ1) is 19.8. The predicted octanol–water partition coefficient (Wildman–Crippen LogP) is 4.10. The van der Waals surface area contributed by atoms with Gasteiger partial charge in [0, 0.05) is 5.92 Å². The maximum Gasteiger partial charge on any atom is 0.312 e. The van der Waals surface area contributed by atoms with Crippen LogP contribution in [0.2, 0.25) is 0 Å². The van der Waals surface area contributed by atoms with E-state index in [2.05, 4.69) is 17.9 Å². The first-order valence-electron chi connectivity index (χ1n) is 8.74. The molecule has 1 unspecified atom stereocenters. The van der Waals surface area contributed by atoms with Crippen LogP contribution in [0.1, 0.15) is 66.7 Å². The Morgan fingerprint density at radius 3 is 2.48 bits per heavy atom. The van der Waals surface area contributed by atoms with Crippen LogP contribution in [0.5, 0.6) is 0 Å². The topological polar surface area (TPSA) is 46.5 Å². The van der Waals surface area contributed by atoms with Crippen molar-refractivity contribution >= 4 is 5.97 Å². The largest absolute Gasteiger partial charge is 0.452 e. The Labute approximate surface area is 141 Å². The average molecular weight is 320 g/mol. The van der Waals surface area contributed by atoms with E-state index in [0.29, 0.717) is 5.92 Å². The van der Waals surface area contributed by atoms with Crippen LogP contribution in [0, 0.1) is 29.1 Å². The predicted molar refractivity (Wildman–Crippen MR) is 93.7 cm³/mol. The lowest BCUT2D eigenvalue weighted by molar-refractivity contribution is -0.151. The summed E-state index contributed by atoms with van der Waals surface area (Å²) in [7, 11) is 0. The summed E-state index contributed by atoms with van der Waals surface area (Å²) in [6, 6.07) is 0. The van der Waals surface area contributed by atoms with Crippen LogP contribution in [0.15, 0.2) is 11.6 Å². The molecule has 1 saturated carbocycles. The molecule has 3 nitrogen and oxygen atoms in total. The molecule has 1 rings (SSSR count). The van der Waals surface area contributed by atoms with Gasteiger partial charge in [-0.05, 0) is 59.0 Å². The standard InChI is InChI=1S/C20H32O3/c1-15(10-9-13-23-19(22)20(3,4)5)18(21)16(2)14-17-11-7-6-8-12-17/h14-15,17-18,21H,6-8,11-13H2,1-5H3/b16-14+/t15-,18?/m1/s1. The van der Waals surface area contributed by atoms with Crippen LogP contribution >= 0.6 is 0 Å². The van der Waals surface area contributed by atoms with Gasteiger partial charge in [0.1, 0.15) is 0 Å². The van der Waals surface area contributed by atoms with Crippen molar-refractivity contribution < 1.29 is 14.6 Å². The van der Waals surface area contributed by atoms with Gasteiger partial charge in [-0.2, -0.15) is 0 Å². The Morgan fingerprint density at radius 2 is 1.91 bits per heavy atom. The molecule has 0 amide bonds. The zero-order valence-corrected chi connectivity index (χ0v) is 15.3. The van der Waals surface area contributed by atoms with Crippen LogP contribution in [0.3, 0.4) is 0 Å². The highest BCUT2D eigenvalue weighted by Gasteiger charge is 2.22. The summed E-state index contributed by atoms with van der Waals surface area (Å²) in [5, 5.41) is 10.4. The highest BCUT2D eigenvalue weighted by Crippen LogP contribution is 2.26. The second kappa shape index (κ2) is 9.13. The fourth-order valence-corrected chi connectivity index (χ4v) is 2.77. The number of hydrogen-bond acceptors (Lipinski definition) is 3. The Bertz CT molecular complexity index is 467. The number of aliphatic hydroxyl groups excluding tert-OH is 1. The maximum atomic E-state index is 11.6. The van der Waals surface area contributed by atoms with Gasteiger partial charge in [-0.3, -0.25) is 4.79 Å². The van der Waals surface area contributed by atoms with E-state index in [-0.39, 0.29) is 18.5 Å². The van der Waals surface area contributed by atoms with Crippen molar-refractivity contribution in [3.8, 4) is 11.8 Å². The molecule has 2 atom stereocenters. The van der Waals surface area contributed by atoms with E-state index in [0.717, 1.165) is 5.57 Å². The van der Waals surface area contributed by atoms with Gasteiger partial charge in [0.25, 0.3) is 0 Å². The van der Waals surface area contributed by atoms with Crippen molar-refractivity contribution in [2.45, 2.75) is 72.8 Å². The summed E-state index contributed by atoms with van der Waals surface area (Å²) in [5.41, 5.74) is 0.497. The fraction of sp³-hybridized carbons (Fsp3) is 0.750. The average Bonchev–Trinajstić information content (AvgIpc) is 2.50. The summed E-state index contributed by atoms with van der Waals surface area (Å²) in [6.45, 7) is 9.41. The molecule has 130 valence electrons. The zero-order chi connectivity index (χ0) is 17.5. The van der Waals surface area contributed by atoms with Crippen molar-refractivity contribution in [2.75, 3.05) is 6.61 Å². The summed E-state index contributed by atoms with van der Waals surface area (Å²) >= 11 is 0. The van der Waals surface area contributed by atoms with E-state index in [1.54, 1.807) is 0 Å². The lowest BCUT2D eigenvalue weighted by atomic mass is 9.86. The van der Waals surface area contributed by atoms with Crippen molar-refractivity contribution in [2.24, 2.45) is 17.3 Å². The fourth-order valence-electron chi connectivity index (χ4n) is 2.77. The number of ether oxygens (including phenoxy) is 1. The summed E-state index contributed by atoms with van der Waals surface area (Å²) in [4.78, 5) is 11.6. The van der Waals surface area contributed by atoms with Crippen molar-refractivity contribution in [1.29, 1.82) is 0 Å². The lowest BCUT2D eigenvalue weighted by Crippen LogP contribution is -2.23. The Kier molecular flexibility index (Phi) is 7.85. The molecule has 0 aromatic heterocycles. The molecule has 0 saturated heterocycles. The van der Waals surface area contributed by atoms with Crippen molar-refractivity contribution in [1.82, 2.24) is 0 Å². The van der Waals surface area contributed by atoms with Gasteiger partial charge in [-0.15, -0.1) is 0 Å². The normalized spacial score (nSPS) is 19.5. The summed E-state index contributed by atoms with van der Waals surface area (Å²) < 4.78 is 5.11. The van der Waals surface area contributed by atoms with Gasteiger partial charge in [-0.25, -0.2) is 0 Å². The van der Waals surface area contributed by atoms with E-state index in [1.165, 1.54) is 32.1 Å². The van der Waals surface area contributed by atoms with Gasteiger partial charge < -0.3 is 9.84 Å². The molecule has 1 aliphatic rings. The number of hydrogen-bond donors (Lipinski definition) is 1. The van der Waals surface area contributed by atoms with Crippen LogP contribution in [0.25, 0.3) is 0 Å². The molecular weight excluding hydrogens is 288 g/mol. The van der Waals surface area contributed by atoms with E-state index in [9.17, 15) is 9.90 Å². The number of esters is 1. The monoisotopic (exact) mass is 320 g/mol. The molecule has 0 aromatic carbocycles. The van der Waals surface area contributed by atoms with Crippen LogP contribution in [-0.2, 0) is 9.53 Å². The SMILES string of the molecule is C/C(=C\C1CCCCC1)C(O)[C@H](C)C#CCOC(=O)C(C)(C)C. The minimum absolute atomic E-state index is 0.0819. The Balaban J connectivity index is 2.47. The lowest BCUT2D eigenvalue weighted by Gasteiger charge is -2.21. The minimum atomic E-state index is -0.553. The van der Waals surface area contributed by atoms with Crippen LogP contribution in [-0.4, -0.2) is 23.8 Å². The minimum Gasteiger partial charge on any atom is -0.452 e. The molecule has 23 heavy (non-hydrogen) atoms. The molecule has 1 N–H and O–H groups in total. The zero-order valence-electron chi connectivity index (χ0n) is 15.3. The summed E-state index contributed by atoms with van der Waals surface area (Å²) in [5.74, 6) is 6.02. The first-order chi connectivity index (χ1) is 10.7. The Hall–Kier alpha value is -1.27. The van der Waals surface area contributed by atoms with Gasteiger partial charge in [-0.1, -0.05) is 37.2 Å². The number of carbonyl (C=O) groups excluding carboxylic acids is 1. The second-order valence-electron chi connectivity index (χ2n) is 7.69. The van der Waals surface area contributed by atoms with Gasteiger partial charge >= 0.3 is 5.97 Å². The van der Waals surface area contributed by atoms with Crippen LogP contribution in [0.4, 0.5) is 0 Å². The molecule has 0 aliphatic heterocycles. The molecule has 1 fully saturated rings. The third-order valence-electron chi connectivity index (χ3n) is 4.31. The second-order valence-corrected chi connectivity index (χ2v) is 7.69. The summed E-state index contributed by atoms with van der Waals surface area (Å²) in [6.07, 6.45) is 8.04. The molecular formula is C20H32O3. The molecule has 0 radical (unpaired) electrons. The highest BCUT2D eigenvalue weighted by atomic mass is 16.5. The molecule has 0 bridgehead atoms. The number of aliphatic hydroxyl groups is 1. The van der Waals surface area contributed by atoms with E-state index < -0.39 is 11.5 Å². The molecule has 0 heterocycles. The van der Waals surface area contributed by atoms with Crippen LogP contribution < -0.4 is 0 Å². The van der Waals surface area contributed by atoms with Gasteiger partial charge in [0.2, 0.25) is 0 Å². The first-order valence-corrected chi connectivity index (χ1v) is 8.74. The third kappa shape index (κ3) is 7.22. The van der Waals surface area contributed by atoms with Gasteiger partial charge in [0.15, 0.2) is 6.61 Å². The molecule has 1 aliphatic carbocycles. The number of rotatable bonds is 4. The quantitative estimate of drug-likeness (QED) is 0.482. The maximum absolute atomic E-state index is 11.6. The molecule has 0 spiro atoms. The van der Waals surface area contributed by atoms with Gasteiger partial charge in [0.05, 0.1) is 11.5 Å². The number of carbonyl (C=O) groups is 1. The van der Waals surface area contributed by atoms with Crippen molar-refractivity contribution in [3.05, 3.63) is 11.6 Å².